The molecule has 14 aromatic rings. The van der Waals surface area contributed by atoms with Gasteiger partial charge in [0.2, 0.25) is 5.95 Å². The van der Waals surface area contributed by atoms with Crippen molar-refractivity contribution in [1.82, 2.24) is 23.5 Å². The number of nitrogens with zero attached hydrogens (tertiary/aromatic N) is 5. The van der Waals surface area contributed by atoms with Crippen LogP contribution in [0, 0.1) is 0 Å². The molecular formula is C50H27N5S. The topological polar surface area (TPSA) is 40.0 Å². The SMILES string of the molecule is c1ccc2c(c1)ccc1c2c2cc3c4ccccc4n(-c4nc(-n5c6ccccc6c6ccccc65)c5c(n4)sc4ccccc45)c3c3c4ccccc4n1c23. The van der Waals surface area contributed by atoms with Gasteiger partial charge in [-0.1, -0.05) is 121 Å². The van der Waals surface area contributed by atoms with E-state index in [0.29, 0.717) is 5.95 Å². The lowest BCUT2D eigenvalue weighted by Gasteiger charge is -2.13. The van der Waals surface area contributed by atoms with Crippen LogP contribution in [0.4, 0.5) is 0 Å². The molecule has 0 saturated carbocycles. The van der Waals surface area contributed by atoms with E-state index in [4.69, 9.17) is 9.97 Å². The van der Waals surface area contributed by atoms with Gasteiger partial charge < -0.3 is 4.40 Å². The Morgan fingerprint density at radius 2 is 0.964 bits per heavy atom. The Hall–Kier alpha value is -7.28. The Kier molecular flexibility index (Phi) is 5.34. The molecule has 0 aliphatic carbocycles. The highest BCUT2D eigenvalue weighted by atomic mass is 32.1. The van der Waals surface area contributed by atoms with E-state index in [0.717, 1.165) is 38.1 Å². The molecule has 0 saturated heterocycles. The molecule has 0 radical (unpaired) electrons. The van der Waals surface area contributed by atoms with E-state index >= 15 is 0 Å². The van der Waals surface area contributed by atoms with Gasteiger partial charge in [-0.2, -0.15) is 4.98 Å². The maximum absolute atomic E-state index is 5.74. The zero-order chi connectivity index (χ0) is 36.2. The molecule has 0 aliphatic rings. The average molecular weight is 730 g/mol. The van der Waals surface area contributed by atoms with Gasteiger partial charge >= 0.3 is 0 Å². The zero-order valence-corrected chi connectivity index (χ0v) is 30.5. The summed E-state index contributed by atoms with van der Waals surface area (Å²) in [5.74, 6) is 1.56. The van der Waals surface area contributed by atoms with Crippen molar-refractivity contribution in [3.8, 4) is 11.8 Å². The fourth-order valence-electron chi connectivity index (χ4n) is 9.99. The van der Waals surface area contributed by atoms with Crippen LogP contribution in [0.3, 0.4) is 0 Å². The second-order valence-electron chi connectivity index (χ2n) is 14.9. The number of para-hydroxylation sites is 4. The molecule has 6 aromatic heterocycles. The molecule has 6 heterocycles. The Bertz CT molecular complexity index is 3960. The summed E-state index contributed by atoms with van der Waals surface area (Å²) in [5, 5.41) is 14.6. The predicted molar refractivity (Wildman–Crippen MR) is 236 cm³/mol. The van der Waals surface area contributed by atoms with Crippen molar-refractivity contribution in [3.05, 3.63) is 164 Å². The number of rotatable bonds is 2. The van der Waals surface area contributed by atoms with Crippen molar-refractivity contribution in [2.75, 3.05) is 0 Å². The van der Waals surface area contributed by atoms with Crippen LogP contribution in [-0.4, -0.2) is 23.5 Å². The normalized spacial score (nSPS) is 12.6. The monoisotopic (exact) mass is 729 g/mol. The van der Waals surface area contributed by atoms with Crippen molar-refractivity contribution in [1.29, 1.82) is 0 Å². The standard InChI is InChI=1S/C50H27N5S/c1-2-14-29-28(13-1)25-26-41-43(29)36-27-35-32-17-5-10-22-39(32)55(46(35)44-33-18-6-11-23-40(33)53(41)47(36)44)50-51-48(45-34-19-7-12-24-42(34)56-49(45)52-50)54-37-20-8-3-15-30(37)31-16-4-9-21-38(31)54/h1-27H. The Morgan fingerprint density at radius 3 is 1.71 bits per heavy atom. The lowest BCUT2D eigenvalue weighted by molar-refractivity contribution is 0.978. The highest BCUT2D eigenvalue weighted by Gasteiger charge is 2.27. The molecule has 56 heavy (non-hydrogen) atoms. The first kappa shape index (κ1) is 29.1. The molecule has 8 aromatic carbocycles. The van der Waals surface area contributed by atoms with Crippen LogP contribution in [0.15, 0.2) is 164 Å². The second-order valence-corrected chi connectivity index (χ2v) is 16.0. The van der Waals surface area contributed by atoms with E-state index in [9.17, 15) is 0 Å². The van der Waals surface area contributed by atoms with Crippen molar-refractivity contribution in [2.45, 2.75) is 0 Å². The van der Waals surface area contributed by atoms with Gasteiger partial charge in [0, 0.05) is 53.2 Å². The minimum absolute atomic E-state index is 0.667. The lowest BCUT2D eigenvalue weighted by Crippen LogP contribution is -2.06. The van der Waals surface area contributed by atoms with E-state index in [1.807, 2.05) is 0 Å². The van der Waals surface area contributed by atoms with Gasteiger partial charge in [0.15, 0.2) is 5.82 Å². The van der Waals surface area contributed by atoms with Gasteiger partial charge in [-0.15, -0.1) is 11.3 Å². The minimum Gasteiger partial charge on any atom is -0.308 e. The molecule has 5 nitrogen and oxygen atoms in total. The van der Waals surface area contributed by atoms with E-state index in [2.05, 4.69) is 177 Å². The molecule has 0 N–H and O–H groups in total. The Labute approximate surface area is 321 Å². The molecule has 0 atom stereocenters. The van der Waals surface area contributed by atoms with Crippen LogP contribution in [-0.2, 0) is 0 Å². The smallest absolute Gasteiger partial charge is 0.238 e. The predicted octanol–water partition coefficient (Wildman–Crippen LogP) is 13.3. The quantitative estimate of drug-likeness (QED) is 0.178. The fourth-order valence-corrected chi connectivity index (χ4v) is 11.1. The summed E-state index contributed by atoms with van der Waals surface area (Å²) in [6.07, 6.45) is 0. The van der Waals surface area contributed by atoms with Crippen LogP contribution in [0.2, 0.25) is 0 Å². The highest BCUT2D eigenvalue weighted by Crippen LogP contribution is 2.48. The number of aromatic nitrogens is 5. The van der Waals surface area contributed by atoms with Gasteiger partial charge in [0.05, 0.1) is 44.0 Å². The summed E-state index contributed by atoms with van der Waals surface area (Å²) in [4.78, 5) is 12.3. The molecule has 0 amide bonds. The maximum Gasteiger partial charge on any atom is 0.238 e. The highest BCUT2D eigenvalue weighted by molar-refractivity contribution is 7.25. The van der Waals surface area contributed by atoms with Crippen molar-refractivity contribution >= 4 is 124 Å². The molecule has 14 rings (SSSR count). The minimum atomic E-state index is 0.667. The zero-order valence-electron chi connectivity index (χ0n) is 29.7. The number of hydrogen-bond donors (Lipinski definition) is 0. The fraction of sp³-hybridized carbons (Fsp3) is 0. The third-order valence-corrected chi connectivity index (χ3v) is 13.3. The van der Waals surface area contributed by atoms with Crippen LogP contribution in [0.25, 0.3) is 125 Å². The molecule has 6 heteroatoms. The first-order chi connectivity index (χ1) is 27.8. The first-order valence-electron chi connectivity index (χ1n) is 19.0. The number of hydrogen-bond acceptors (Lipinski definition) is 3. The molecule has 0 unspecified atom stereocenters. The molecule has 0 spiro atoms. The van der Waals surface area contributed by atoms with Crippen LogP contribution < -0.4 is 0 Å². The molecule has 258 valence electrons. The lowest BCUT2D eigenvalue weighted by atomic mass is 10.00. The van der Waals surface area contributed by atoms with Gasteiger partial charge in [-0.05, 0) is 53.2 Å². The van der Waals surface area contributed by atoms with E-state index in [-0.39, 0.29) is 0 Å². The van der Waals surface area contributed by atoms with Gasteiger partial charge in [-0.3, -0.25) is 9.13 Å². The molecular weight excluding hydrogens is 703 g/mol. The van der Waals surface area contributed by atoms with Crippen molar-refractivity contribution in [3.63, 3.8) is 0 Å². The summed E-state index contributed by atoms with van der Waals surface area (Å²) in [7, 11) is 0. The summed E-state index contributed by atoms with van der Waals surface area (Å²) >= 11 is 1.74. The summed E-state index contributed by atoms with van der Waals surface area (Å²) < 4.78 is 8.40. The third kappa shape index (κ3) is 3.47. The van der Waals surface area contributed by atoms with Gasteiger partial charge in [0.1, 0.15) is 4.83 Å². The largest absolute Gasteiger partial charge is 0.308 e. The Balaban J connectivity index is 1.22. The van der Waals surface area contributed by atoms with Crippen LogP contribution >= 0.6 is 11.3 Å². The van der Waals surface area contributed by atoms with Crippen LogP contribution in [0.1, 0.15) is 0 Å². The van der Waals surface area contributed by atoms with Gasteiger partial charge in [-0.25, -0.2) is 4.98 Å². The van der Waals surface area contributed by atoms with E-state index in [1.165, 1.54) is 80.5 Å². The maximum atomic E-state index is 5.74. The van der Waals surface area contributed by atoms with Crippen LogP contribution in [0.5, 0.6) is 0 Å². The number of benzene rings is 8. The summed E-state index contributed by atoms with van der Waals surface area (Å²) in [6, 6.07) is 59.5. The number of fused-ring (bicyclic) bond motifs is 18. The van der Waals surface area contributed by atoms with Crippen molar-refractivity contribution < 1.29 is 0 Å². The third-order valence-electron chi connectivity index (χ3n) is 12.2. The summed E-state index contributed by atoms with van der Waals surface area (Å²) in [5.41, 5.74) is 8.14. The Morgan fingerprint density at radius 1 is 0.375 bits per heavy atom. The first-order valence-corrected chi connectivity index (χ1v) is 19.8. The van der Waals surface area contributed by atoms with Gasteiger partial charge in [0.25, 0.3) is 0 Å². The number of thiophene rings is 1. The summed E-state index contributed by atoms with van der Waals surface area (Å²) in [6.45, 7) is 0. The van der Waals surface area contributed by atoms with E-state index in [1.54, 1.807) is 11.3 Å². The van der Waals surface area contributed by atoms with E-state index < -0.39 is 0 Å². The molecule has 0 fully saturated rings. The van der Waals surface area contributed by atoms with Crippen molar-refractivity contribution in [2.24, 2.45) is 0 Å². The molecule has 0 bridgehead atoms. The average Bonchev–Trinajstić information content (AvgIpc) is 4.05. The molecule has 0 aliphatic heterocycles. The second kappa shape index (κ2) is 10.3.